The summed E-state index contributed by atoms with van der Waals surface area (Å²) in [6.07, 6.45) is 58.0. The number of rotatable bonds is 75. The second kappa shape index (κ2) is 68.6. The molecule has 552 valence electrons. The summed E-state index contributed by atoms with van der Waals surface area (Å²) in [5.41, 5.74) is 0. The number of ether oxygens (including phenoxy) is 4. The van der Waals surface area contributed by atoms with Crippen molar-refractivity contribution < 1.29 is 80.2 Å². The molecule has 93 heavy (non-hydrogen) atoms. The van der Waals surface area contributed by atoms with E-state index < -0.39 is 97.5 Å². The molecule has 0 aromatic rings. The van der Waals surface area contributed by atoms with Gasteiger partial charge in [-0.15, -0.1) is 0 Å². The minimum absolute atomic E-state index is 0.108. The zero-order valence-corrected chi connectivity index (χ0v) is 62.0. The largest absolute Gasteiger partial charge is 0.472 e. The Morgan fingerprint density at radius 3 is 0.634 bits per heavy atom. The third-order valence-electron chi connectivity index (χ3n) is 17.4. The van der Waals surface area contributed by atoms with E-state index >= 15 is 0 Å². The lowest BCUT2D eigenvalue weighted by Gasteiger charge is -2.21. The fourth-order valence-corrected chi connectivity index (χ4v) is 13.0. The summed E-state index contributed by atoms with van der Waals surface area (Å²) in [7, 11) is -9.90. The van der Waals surface area contributed by atoms with Gasteiger partial charge in [0.1, 0.15) is 19.3 Å². The molecule has 17 nitrogen and oxygen atoms in total. The second-order valence-corrected chi connectivity index (χ2v) is 29.6. The van der Waals surface area contributed by atoms with Crippen LogP contribution >= 0.6 is 15.6 Å². The van der Waals surface area contributed by atoms with Crippen LogP contribution in [0.3, 0.4) is 0 Å². The Hall–Kier alpha value is -1.94. The number of carbonyl (C=O) groups is 4. The van der Waals surface area contributed by atoms with E-state index in [-0.39, 0.29) is 25.7 Å². The number of unbranched alkanes of at least 4 members (excludes halogenated alkanes) is 49. The van der Waals surface area contributed by atoms with Gasteiger partial charge in [-0.1, -0.05) is 342 Å². The number of phosphoric ester groups is 2. The van der Waals surface area contributed by atoms with Gasteiger partial charge in [0.15, 0.2) is 12.2 Å². The van der Waals surface area contributed by atoms with E-state index in [9.17, 15) is 43.2 Å². The molecule has 0 aliphatic carbocycles. The normalized spacial score (nSPS) is 13.9. The highest BCUT2D eigenvalue weighted by Gasteiger charge is 2.30. The summed E-state index contributed by atoms with van der Waals surface area (Å²) in [5, 5.41) is 10.6. The molecular formula is C74H144O17P2. The average molecular weight is 1370 g/mol. The minimum Gasteiger partial charge on any atom is -0.462 e. The van der Waals surface area contributed by atoms with Crippen LogP contribution in [0.15, 0.2) is 0 Å². The molecular weight excluding hydrogens is 1220 g/mol. The van der Waals surface area contributed by atoms with Crippen molar-refractivity contribution in [2.24, 2.45) is 0 Å². The molecule has 0 saturated heterocycles. The average Bonchev–Trinajstić information content (AvgIpc) is 2.86. The Bertz CT molecular complexity index is 1770. The maximum absolute atomic E-state index is 13.1. The number of hydrogen-bond acceptors (Lipinski definition) is 15. The Morgan fingerprint density at radius 2 is 0.430 bits per heavy atom. The van der Waals surface area contributed by atoms with E-state index in [2.05, 4.69) is 27.7 Å². The quantitative estimate of drug-likeness (QED) is 0.0222. The van der Waals surface area contributed by atoms with Crippen molar-refractivity contribution in [3.8, 4) is 0 Å². The first-order valence-electron chi connectivity index (χ1n) is 38.8. The van der Waals surface area contributed by atoms with Crippen molar-refractivity contribution in [2.45, 2.75) is 412 Å². The second-order valence-electron chi connectivity index (χ2n) is 26.7. The van der Waals surface area contributed by atoms with Crippen LogP contribution in [-0.4, -0.2) is 96.7 Å². The summed E-state index contributed by atoms with van der Waals surface area (Å²) < 4.78 is 68.5. The van der Waals surface area contributed by atoms with Crippen LogP contribution in [0.4, 0.5) is 0 Å². The van der Waals surface area contributed by atoms with Gasteiger partial charge in [0.2, 0.25) is 0 Å². The van der Waals surface area contributed by atoms with Gasteiger partial charge in [0, 0.05) is 25.7 Å². The van der Waals surface area contributed by atoms with Gasteiger partial charge in [-0.2, -0.15) is 0 Å². The molecule has 2 unspecified atom stereocenters. The molecule has 0 rings (SSSR count). The van der Waals surface area contributed by atoms with Crippen molar-refractivity contribution in [3.05, 3.63) is 0 Å². The van der Waals surface area contributed by atoms with Gasteiger partial charge < -0.3 is 33.8 Å². The molecule has 0 radical (unpaired) electrons. The molecule has 0 aliphatic heterocycles. The van der Waals surface area contributed by atoms with Crippen LogP contribution in [0.1, 0.15) is 394 Å². The van der Waals surface area contributed by atoms with Crippen LogP contribution in [0.25, 0.3) is 0 Å². The Labute approximate surface area is 568 Å². The number of phosphoric acid groups is 2. The van der Waals surface area contributed by atoms with Crippen molar-refractivity contribution in [1.82, 2.24) is 0 Å². The fourth-order valence-electron chi connectivity index (χ4n) is 11.4. The molecule has 0 aromatic heterocycles. The molecule has 0 amide bonds. The van der Waals surface area contributed by atoms with E-state index in [1.54, 1.807) is 0 Å². The summed E-state index contributed by atoms with van der Waals surface area (Å²) in [4.78, 5) is 72.7. The van der Waals surface area contributed by atoms with E-state index in [1.165, 1.54) is 225 Å². The van der Waals surface area contributed by atoms with Crippen molar-refractivity contribution >= 4 is 39.5 Å². The third-order valence-corrected chi connectivity index (χ3v) is 19.3. The zero-order chi connectivity index (χ0) is 68.2. The number of carbonyl (C=O) groups excluding carboxylic acids is 4. The first-order chi connectivity index (χ1) is 45.2. The first kappa shape index (κ1) is 91.1. The maximum atomic E-state index is 13.1. The predicted octanol–water partition coefficient (Wildman–Crippen LogP) is 21.8. The Morgan fingerprint density at radius 1 is 0.258 bits per heavy atom. The predicted molar refractivity (Wildman–Crippen MR) is 377 cm³/mol. The summed E-state index contributed by atoms with van der Waals surface area (Å²) in [6, 6.07) is 0. The first-order valence-corrected chi connectivity index (χ1v) is 41.8. The van der Waals surface area contributed by atoms with Gasteiger partial charge in [0.25, 0.3) is 0 Å². The molecule has 0 aromatic carbocycles. The molecule has 3 N–H and O–H groups in total. The van der Waals surface area contributed by atoms with Crippen molar-refractivity contribution in [2.75, 3.05) is 39.6 Å². The topological polar surface area (TPSA) is 237 Å². The van der Waals surface area contributed by atoms with E-state index in [1.807, 2.05) is 0 Å². The van der Waals surface area contributed by atoms with E-state index in [0.717, 1.165) is 89.9 Å². The van der Waals surface area contributed by atoms with Crippen LogP contribution < -0.4 is 0 Å². The number of esters is 4. The van der Waals surface area contributed by atoms with Gasteiger partial charge in [-0.05, 0) is 25.7 Å². The highest BCUT2D eigenvalue weighted by atomic mass is 31.2. The minimum atomic E-state index is -4.95. The van der Waals surface area contributed by atoms with Crippen LogP contribution in [0.5, 0.6) is 0 Å². The molecule has 0 spiro atoms. The number of aliphatic hydroxyl groups excluding tert-OH is 1. The molecule has 0 saturated carbocycles. The summed E-state index contributed by atoms with van der Waals surface area (Å²) >= 11 is 0. The standard InChI is InChI=1S/C74H144O17P2/c1-5-9-13-17-21-25-29-32-34-37-41-45-49-53-57-61-74(79)91-70(65-85-72(77)59-55-51-47-43-39-36-33-30-26-22-18-14-10-6-2)67-89-93(82,83)87-63-68(75)62-86-92(80,81)88-66-69(64-84-71(76)58-54-50-46-42-38-28-24-20-16-12-8-4)90-73(78)60-56-52-48-44-40-35-31-27-23-19-15-11-7-3/h68-70,75H,5-67H2,1-4H3,(H,80,81)(H,82,83)/t68-,69+,70+/m0/s1. The monoisotopic (exact) mass is 1370 g/mol. The lowest BCUT2D eigenvalue weighted by Crippen LogP contribution is -2.30. The van der Waals surface area contributed by atoms with Gasteiger partial charge in [-0.25, -0.2) is 9.13 Å². The SMILES string of the molecule is CCCCCCCCCCCCCCCCCC(=O)O[C@H](COC(=O)CCCCCCCCCCCCCCCC)COP(=O)(O)OC[C@@H](O)COP(=O)(O)OC[C@@H](COC(=O)CCCCCCCCCCCCC)OC(=O)CCCCCCCCCCCCCCC. The van der Waals surface area contributed by atoms with Gasteiger partial charge in [-0.3, -0.25) is 37.3 Å². The number of aliphatic hydroxyl groups is 1. The molecule has 19 heteroatoms. The van der Waals surface area contributed by atoms with Crippen LogP contribution in [0.2, 0.25) is 0 Å². The molecule has 0 aliphatic rings. The molecule has 0 bridgehead atoms. The lowest BCUT2D eigenvalue weighted by atomic mass is 10.0. The van der Waals surface area contributed by atoms with Gasteiger partial charge in [0.05, 0.1) is 26.4 Å². The Kier molecular flexibility index (Phi) is 67.1. The summed E-state index contributed by atoms with van der Waals surface area (Å²) in [6.45, 7) is 4.99. The highest BCUT2D eigenvalue weighted by Crippen LogP contribution is 2.45. The number of hydrogen-bond donors (Lipinski definition) is 3. The molecule has 0 fully saturated rings. The lowest BCUT2D eigenvalue weighted by molar-refractivity contribution is -0.161. The summed E-state index contributed by atoms with van der Waals surface area (Å²) in [5.74, 6) is -2.11. The highest BCUT2D eigenvalue weighted by molar-refractivity contribution is 7.47. The van der Waals surface area contributed by atoms with E-state index in [4.69, 9.17) is 37.0 Å². The third kappa shape index (κ3) is 68.4. The molecule has 5 atom stereocenters. The zero-order valence-electron chi connectivity index (χ0n) is 60.2. The van der Waals surface area contributed by atoms with Gasteiger partial charge >= 0.3 is 39.5 Å². The fraction of sp³-hybridized carbons (Fsp3) is 0.946. The van der Waals surface area contributed by atoms with Crippen molar-refractivity contribution in [1.29, 1.82) is 0 Å². The smallest absolute Gasteiger partial charge is 0.462 e. The van der Waals surface area contributed by atoms with E-state index in [0.29, 0.717) is 25.7 Å². The van der Waals surface area contributed by atoms with Crippen molar-refractivity contribution in [3.63, 3.8) is 0 Å². The Balaban J connectivity index is 5.25. The maximum Gasteiger partial charge on any atom is 0.472 e. The molecule has 0 heterocycles. The van der Waals surface area contributed by atoms with Crippen LogP contribution in [-0.2, 0) is 65.4 Å². The van der Waals surface area contributed by atoms with Crippen LogP contribution in [0, 0.1) is 0 Å².